The summed E-state index contributed by atoms with van der Waals surface area (Å²) in [5, 5.41) is 53.5. The highest BCUT2D eigenvalue weighted by molar-refractivity contribution is 7.99. The number of fused-ring (bicyclic) bond motifs is 2. The summed E-state index contributed by atoms with van der Waals surface area (Å²) < 4.78 is 25.1. The number of benzene rings is 2. The van der Waals surface area contributed by atoms with Crippen molar-refractivity contribution in [2.45, 2.75) is 72.6 Å². The van der Waals surface area contributed by atoms with Gasteiger partial charge in [0.25, 0.3) is 0 Å². The predicted octanol–water partition coefficient (Wildman–Crippen LogP) is 2.54. The molecule has 0 amide bonds. The zero-order valence-electron chi connectivity index (χ0n) is 32.8. The van der Waals surface area contributed by atoms with Crippen LogP contribution in [0.1, 0.15) is 32.1 Å². The number of rotatable bonds is 21. The van der Waals surface area contributed by atoms with Gasteiger partial charge in [-0.2, -0.15) is 0 Å². The molecule has 26 heteroatoms. The maximum atomic E-state index is 12.3. The van der Waals surface area contributed by atoms with Crippen molar-refractivity contribution in [3.8, 4) is 0 Å². The van der Waals surface area contributed by atoms with Crippen LogP contribution in [0, 0.1) is 40.5 Å². The molecule has 24 nitrogen and oxygen atoms in total. The minimum absolute atomic E-state index is 0.703. The first-order valence-corrected chi connectivity index (χ1v) is 19.6. The van der Waals surface area contributed by atoms with Crippen LogP contribution < -0.4 is 4.90 Å². The summed E-state index contributed by atoms with van der Waals surface area (Å²) in [6, 6.07) is 14.8. The molecule has 4 rings (SSSR count). The maximum absolute atomic E-state index is 12.3. The van der Waals surface area contributed by atoms with Gasteiger partial charge in [0.1, 0.15) is 38.4 Å². The Morgan fingerprint density at radius 3 is 1.77 bits per heavy atom. The number of anilines is 2. The number of halogens is 1. The van der Waals surface area contributed by atoms with Gasteiger partial charge in [-0.25, -0.2) is 0 Å². The lowest BCUT2D eigenvalue weighted by Gasteiger charge is -2.42. The largest absolute Gasteiger partial charge is 0.463 e. The van der Waals surface area contributed by atoms with Crippen LogP contribution in [0.15, 0.2) is 52.3 Å². The van der Waals surface area contributed by atoms with Crippen LogP contribution in [0.2, 0.25) is 5.02 Å². The number of ether oxygens (including phenoxy) is 5. The second kappa shape index (κ2) is 24.5. The first-order chi connectivity index (χ1) is 28.8. The van der Waals surface area contributed by atoms with Gasteiger partial charge in [0, 0.05) is 41.1 Å². The Bertz CT molecular complexity index is 1910. The topological polar surface area (TPSA) is 314 Å². The van der Waals surface area contributed by atoms with Gasteiger partial charge in [0.2, 0.25) is 26.2 Å². The van der Waals surface area contributed by atoms with Gasteiger partial charge in [-0.05, 0) is 57.4 Å². The summed E-state index contributed by atoms with van der Waals surface area (Å²) in [6.45, 7) is -2.37. The van der Waals surface area contributed by atoms with E-state index in [-0.39, 0.29) is 0 Å². The molecule has 5 atom stereocenters. The van der Waals surface area contributed by atoms with Crippen LogP contribution in [0.5, 0.6) is 0 Å². The van der Waals surface area contributed by atoms with E-state index in [2.05, 4.69) is 60.3 Å². The highest BCUT2D eigenvalue weighted by Gasteiger charge is 2.52. The van der Waals surface area contributed by atoms with Gasteiger partial charge in [0.05, 0.1) is 11.4 Å². The van der Waals surface area contributed by atoms with Crippen molar-refractivity contribution < 1.29 is 67.7 Å². The average molecular weight is 903 g/mol. The van der Waals surface area contributed by atoms with E-state index in [0.29, 0.717) is 0 Å². The van der Waals surface area contributed by atoms with Crippen LogP contribution in [0.3, 0.4) is 0 Å². The molecule has 5 unspecified atom stereocenters. The zero-order valence-corrected chi connectivity index (χ0v) is 34.3. The van der Waals surface area contributed by atoms with Crippen molar-refractivity contribution in [2.24, 2.45) is 0 Å². The zero-order chi connectivity index (χ0) is 45.2. The highest BCUT2D eigenvalue weighted by Crippen LogP contribution is 2.48. The number of aliphatic hydroxyl groups excluding tert-OH is 1. The fraction of sp³-hybridized carbons (Fsp3) is 0.543. The highest BCUT2D eigenvalue weighted by atomic mass is 35.5. The third-order valence-corrected chi connectivity index (χ3v) is 9.75. The number of hydrogen-bond acceptors (Lipinski definition) is 21. The minimum atomic E-state index is -2.22. The van der Waals surface area contributed by atoms with Crippen molar-refractivity contribution >= 4 is 58.6 Å². The molecular formula is C35H43ClN6O18S. The van der Waals surface area contributed by atoms with E-state index in [1.807, 2.05) is 17.8 Å². The predicted molar refractivity (Wildman–Crippen MR) is 210 cm³/mol. The number of esters is 4. The molecule has 1 fully saturated rings. The molecule has 0 spiro atoms. The molecule has 0 saturated carbocycles. The molecule has 0 aliphatic carbocycles. The Labute approximate surface area is 355 Å². The van der Waals surface area contributed by atoms with Crippen molar-refractivity contribution in [3.05, 3.63) is 87.9 Å². The normalized spacial score (nSPS) is 18.9. The summed E-state index contributed by atoms with van der Waals surface area (Å²) in [6.07, 6.45) is -12.1. The SMILES string of the molecule is CN(C)CCCN1c2ccccc2Sc2ccc(Cl)cc21.O=C(CC[N+](=O)[O-])OCC1OC(O)C(OC(=O)CC[N+](=O)[O-])C(OC(=O)CC[N+](=O)[O-])C1OC(=O)CC[N+](=O)[O-]. The maximum Gasteiger partial charge on any atom is 0.313 e. The quantitative estimate of drug-likeness (QED) is 0.0814. The number of nitrogens with zero attached hydrogens (tertiary/aromatic N) is 6. The summed E-state index contributed by atoms with van der Waals surface area (Å²) in [7, 11) is 4.23. The number of para-hydroxylation sites is 1. The van der Waals surface area contributed by atoms with Crippen molar-refractivity contribution in [1.29, 1.82) is 0 Å². The van der Waals surface area contributed by atoms with Crippen molar-refractivity contribution in [3.63, 3.8) is 0 Å². The van der Waals surface area contributed by atoms with E-state index in [1.54, 1.807) is 0 Å². The van der Waals surface area contributed by atoms with Crippen LogP contribution in [-0.4, -0.2) is 144 Å². The molecule has 2 aromatic carbocycles. The van der Waals surface area contributed by atoms with E-state index in [9.17, 15) is 64.7 Å². The van der Waals surface area contributed by atoms with Crippen molar-refractivity contribution in [2.75, 3.05) is 64.9 Å². The third kappa shape index (κ3) is 17.0. The fourth-order valence-electron chi connectivity index (χ4n) is 5.63. The number of carbonyl (C=O) groups is 4. The number of carbonyl (C=O) groups excluding carboxylic acids is 4. The first kappa shape index (κ1) is 49.6. The van der Waals surface area contributed by atoms with Gasteiger partial charge < -0.3 is 38.6 Å². The van der Waals surface area contributed by atoms with Crippen LogP contribution in [0.25, 0.3) is 0 Å². The summed E-state index contributed by atoms with van der Waals surface area (Å²) >= 11 is 8.03. The molecule has 0 bridgehead atoms. The molecule has 2 aromatic rings. The smallest absolute Gasteiger partial charge is 0.313 e. The Hall–Kier alpha value is -5.76. The Kier molecular flexibility index (Phi) is 19.9. The standard InChI is InChI=1S/C18H24N4O18.C17H19ClN2S/c23-11(1-5-19(28)29)36-9-10-15(38-12(24)2-6-20(30)31)16(39-13(25)3-7-21(32)33)17(18(27)37-10)40-14(26)4-8-22(34)35;1-19(2)10-5-11-20-14-6-3-4-7-16(14)21-17-9-8-13(18)12-15(17)20/h10,15-18,27H,1-9H2;3-4,6-9,12H,5,10-11H2,1-2H3. The molecule has 1 saturated heterocycles. The molecule has 1 N–H and O–H groups in total. The van der Waals surface area contributed by atoms with Gasteiger partial charge in [-0.1, -0.05) is 35.5 Å². The van der Waals surface area contributed by atoms with E-state index in [4.69, 9.17) is 35.3 Å². The lowest BCUT2D eigenvalue weighted by molar-refractivity contribution is -0.479. The monoisotopic (exact) mass is 902 g/mol. The van der Waals surface area contributed by atoms with Gasteiger partial charge in [0.15, 0.2) is 24.6 Å². The number of hydrogen-bond donors (Lipinski definition) is 1. The van der Waals surface area contributed by atoms with Gasteiger partial charge in [-0.3, -0.25) is 59.6 Å². The van der Waals surface area contributed by atoms with Crippen LogP contribution in [-0.2, 0) is 42.9 Å². The molecule has 2 aliphatic heterocycles. The molecule has 61 heavy (non-hydrogen) atoms. The summed E-state index contributed by atoms with van der Waals surface area (Å²) in [4.78, 5) is 94.5. The molecular weight excluding hydrogens is 860 g/mol. The van der Waals surface area contributed by atoms with E-state index < -0.39 is 133 Å². The van der Waals surface area contributed by atoms with Crippen LogP contribution >= 0.6 is 23.4 Å². The summed E-state index contributed by atoms with van der Waals surface area (Å²) in [5.41, 5.74) is 2.51. The molecule has 0 radical (unpaired) electrons. The molecule has 334 valence electrons. The Morgan fingerprint density at radius 1 is 0.738 bits per heavy atom. The lowest BCUT2D eigenvalue weighted by atomic mass is 9.98. The second-order valence-corrected chi connectivity index (χ2v) is 14.8. The fourth-order valence-corrected chi connectivity index (χ4v) is 6.87. The third-order valence-electron chi connectivity index (χ3n) is 8.39. The second-order valence-electron chi connectivity index (χ2n) is 13.3. The average Bonchev–Trinajstić information content (AvgIpc) is 3.19. The Balaban J connectivity index is 0.000000391. The minimum Gasteiger partial charge on any atom is -0.463 e. The van der Waals surface area contributed by atoms with Crippen LogP contribution in [0.4, 0.5) is 11.4 Å². The number of nitro groups is 4. The Morgan fingerprint density at radius 2 is 1.23 bits per heavy atom. The van der Waals surface area contributed by atoms with Crippen molar-refractivity contribution in [1.82, 2.24) is 4.90 Å². The van der Waals surface area contributed by atoms with E-state index >= 15 is 0 Å². The van der Waals surface area contributed by atoms with Gasteiger partial charge >= 0.3 is 23.9 Å². The summed E-state index contributed by atoms with van der Waals surface area (Å²) in [5.74, 6) is -5.06. The van der Waals surface area contributed by atoms with E-state index in [0.717, 1.165) is 24.5 Å². The molecule has 2 heterocycles. The molecule has 0 aromatic heterocycles. The molecule has 2 aliphatic rings. The number of aliphatic hydroxyl groups is 1. The lowest BCUT2D eigenvalue weighted by Crippen LogP contribution is -2.62. The van der Waals surface area contributed by atoms with E-state index in [1.165, 1.54) is 21.2 Å². The first-order valence-electron chi connectivity index (χ1n) is 18.4. The van der Waals surface area contributed by atoms with Gasteiger partial charge in [-0.15, -0.1) is 0 Å².